The van der Waals surface area contributed by atoms with Gasteiger partial charge in [0, 0.05) is 23.5 Å². The van der Waals surface area contributed by atoms with E-state index < -0.39 is 11.9 Å². The topological polar surface area (TPSA) is 103 Å². The maximum Gasteiger partial charge on any atom is 0.335 e. The lowest BCUT2D eigenvalue weighted by atomic mass is 10.0. The van der Waals surface area contributed by atoms with Gasteiger partial charge in [-0.05, 0) is 30.3 Å². The van der Waals surface area contributed by atoms with Gasteiger partial charge in [0.1, 0.15) is 0 Å². The Labute approximate surface area is 170 Å². The summed E-state index contributed by atoms with van der Waals surface area (Å²) in [5.74, 6) is -1.57. The van der Waals surface area contributed by atoms with Crippen LogP contribution < -0.4 is 5.32 Å². The highest BCUT2D eigenvalue weighted by Gasteiger charge is 2.18. The lowest BCUT2D eigenvalue weighted by molar-refractivity contribution is 0.0696. The van der Waals surface area contributed by atoms with Gasteiger partial charge in [-0.1, -0.05) is 41.4 Å². The largest absolute Gasteiger partial charge is 0.478 e. The minimum atomic E-state index is -1.05. The Morgan fingerprint density at radius 2 is 1.57 bits per heavy atom. The molecule has 1 amide bonds. The Kier molecular flexibility index (Phi) is 5.73. The average Bonchev–Trinajstić information content (AvgIpc) is 2.68. The molecule has 0 saturated heterocycles. The summed E-state index contributed by atoms with van der Waals surface area (Å²) in [6, 6.07) is 12.2. The summed E-state index contributed by atoms with van der Waals surface area (Å²) < 4.78 is 0. The van der Waals surface area contributed by atoms with Crippen molar-refractivity contribution in [2.75, 3.05) is 5.32 Å². The molecular weight excluding hydrogens is 401 g/mol. The van der Waals surface area contributed by atoms with Crippen LogP contribution in [0.4, 0.5) is 5.69 Å². The van der Waals surface area contributed by atoms with Crippen molar-refractivity contribution in [3.05, 3.63) is 93.2 Å². The van der Waals surface area contributed by atoms with Crippen LogP contribution in [-0.4, -0.2) is 27.7 Å². The number of carbonyl (C=O) groups is 2. The summed E-state index contributed by atoms with van der Waals surface area (Å²) in [4.78, 5) is 27.6. The molecule has 140 valence electrons. The Bertz CT molecular complexity index is 1060. The summed E-state index contributed by atoms with van der Waals surface area (Å²) in [6.45, 7) is 0. The molecule has 0 radical (unpaired) electrons. The van der Waals surface area contributed by atoms with Crippen molar-refractivity contribution in [1.82, 2.24) is 4.98 Å². The smallest absolute Gasteiger partial charge is 0.335 e. The molecule has 0 bridgehead atoms. The monoisotopic (exact) mass is 413 g/mol. The third-order valence-corrected chi connectivity index (χ3v) is 4.58. The number of carboxylic acid groups (broad SMARTS) is 1. The number of carboxylic acids is 1. The first kappa shape index (κ1) is 19.5. The van der Waals surface area contributed by atoms with Crippen LogP contribution in [-0.2, 0) is 0 Å². The van der Waals surface area contributed by atoms with E-state index in [1.165, 1.54) is 36.7 Å². The van der Waals surface area contributed by atoms with Gasteiger partial charge >= 0.3 is 5.97 Å². The molecule has 0 aliphatic carbocycles. The van der Waals surface area contributed by atoms with Gasteiger partial charge in [-0.3, -0.25) is 15.2 Å². The van der Waals surface area contributed by atoms with E-state index in [1.54, 1.807) is 24.3 Å². The molecule has 1 aromatic heterocycles. The van der Waals surface area contributed by atoms with Crippen LogP contribution in [0.15, 0.2) is 60.9 Å². The van der Waals surface area contributed by atoms with Crippen molar-refractivity contribution >= 4 is 46.5 Å². The zero-order chi connectivity index (χ0) is 20.3. The van der Waals surface area contributed by atoms with Gasteiger partial charge in [0.05, 0.1) is 32.6 Å². The van der Waals surface area contributed by atoms with Crippen molar-refractivity contribution in [3.8, 4) is 0 Å². The zero-order valence-corrected chi connectivity index (χ0v) is 15.8. The minimum Gasteiger partial charge on any atom is -0.478 e. The summed E-state index contributed by atoms with van der Waals surface area (Å²) in [7, 11) is 0. The van der Waals surface area contributed by atoms with Gasteiger partial charge in [-0.15, -0.1) is 0 Å². The minimum absolute atomic E-state index is 0.0746. The predicted molar refractivity (Wildman–Crippen MR) is 108 cm³/mol. The number of halogens is 2. The van der Waals surface area contributed by atoms with Gasteiger partial charge in [0.2, 0.25) is 0 Å². The van der Waals surface area contributed by atoms with Crippen molar-refractivity contribution in [2.45, 2.75) is 0 Å². The second-order valence-electron chi connectivity index (χ2n) is 5.73. The van der Waals surface area contributed by atoms with Crippen LogP contribution in [0.25, 0.3) is 0 Å². The third kappa shape index (κ3) is 4.03. The van der Waals surface area contributed by atoms with Gasteiger partial charge < -0.3 is 10.4 Å². The first-order chi connectivity index (χ1) is 13.4. The second-order valence-corrected chi connectivity index (χ2v) is 6.54. The summed E-state index contributed by atoms with van der Waals surface area (Å²) in [6.07, 6.45) is 2.92. The molecular formula is C20H13Cl2N3O3. The molecule has 0 atom stereocenters. The molecule has 3 rings (SSSR count). The molecule has 0 fully saturated rings. The number of hydrogen-bond acceptors (Lipinski definition) is 4. The molecule has 0 saturated carbocycles. The van der Waals surface area contributed by atoms with Crippen LogP contribution >= 0.6 is 23.2 Å². The third-order valence-electron chi connectivity index (χ3n) is 3.95. The lowest BCUT2D eigenvalue weighted by Crippen LogP contribution is -2.16. The number of carbonyl (C=O) groups excluding carboxylic acids is 1. The molecule has 8 heteroatoms. The first-order valence-electron chi connectivity index (χ1n) is 8.00. The van der Waals surface area contributed by atoms with E-state index in [0.717, 1.165) is 0 Å². The van der Waals surface area contributed by atoms with E-state index in [1.807, 2.05) is 0 Å². The number of aromatic nitrogens is 1. The lowest BCUT2D eigenvalue weighted by Gasteiger charge is -2.13. The predicted octanol–water partition coefficient (Wildman–Crippen LogP) is 4.76. The van der Waals surface area contributed by atoms with E-state index in [4.69, 9.17) is 33.7 Å². The van der Waals surface area contributed by atoms with Crippen LogP contribution in [0.1, 0.15) is 31.8 Å². The molecule has 6 nitrogen and oxygen atoms in total. The van der Waals surface area contributed by atoms with Crippen molar-refractivity contribution in [2.24, 2.45) is 0 Å². The van der Waals surface area contributed by atoms with Gasteiger partial charge in [0.15, 0.2) is 0 Å². The van der Waals surface area contributed by atoms with E-state index in [-0.39, 0.29) is 26.9 Å². The fourth-order valence-corrected chi connectivity index (χ4v) is 3.11. The quantitative estimate of drug-likeness (QED) is 0.524. The molecule has 3 N–H and O–H groups in total. The average molecular weight is 414 g/mol. The SMILES string of the molecule is N=C(c1ccc(C(=O)O)cc1)c1cnccc1NC(=O)c1c(Cl)cccc1Cl. The maximum atomic E-state index is 12.7. The number of pyridine rings is 1. The zero-order valence-electron chi connectivity index (χ0n) is 14.2. The standard InChI is InChI=1S/C20H13Cl2N3O3/c21-14-2-1-3-15(22)17(14)19(26)25-16-8-9-24-10-13(16)18(23)11-4-6-12(7-5-11)20(27)28/h1-10,23H,(H,27,28)(H,24,25,26). The van der Waals surface area contributed by atoms with E-state index in [2.05, 4.69) is 10.3 Å². The van der Waals surface area contributed by atoms with Crippen LogP contribution in [0, 0.1) is 5.41 Å². The molecule has 28 heavy (non-hydrogen) atoms. The normalized spacial score (nSPS) is 10.4. The summed E-state index contributed by atoms with van der Waals surface area (Å²) in [5, 5.41) is 20.5. The first-order valence-corrected chi connectivity index (χ1v) is 8.76. The van der Waals surface area contributed by atoms with Crippen LogP contribution in [0.5, 0.6) is 0 Å². The number of benzene rings is 2. The number of hydrogen-bond donors (Lipinski definition) is 3. The Morgan fingerprint density at radius 1 is 0.964 bits per heavy atom. The van der Waals surface area contributed by atoms with E-state index in [0.29, 0.717) is 16.8 Å². The number of rotatable bonds is 5. The number of nitrogens with one attached hydrogen (secondary N) is 2. The number of aromatic carboxylic acids is 1. The second kappa shape index (κ2) is 8.21. The molecule has 0 aliphatic rings. The molecule has 0 aliphatic heterocycles. The molecule has 0 spiro atoms. The molecule has 1 heterocycles. The Hall–Kier alpha value is -3.22. The fraction of sp³-hybridized carbons (Fsp3) is 0. The highest BCUT2D eigenvalue weighted by Crippen LogP contribution is 2.26. The van der Waals surface area contributed by atoms with Crippen LogP contribution in [0.2, 0.25) is 10.0 Å². The Balaban J connectivity index is 1.92. The highest BCUT2D eigenvalue weighted by atomic mass is 35.5. The van der Waals surface area contributed by atoms with Gasteiger partial charge in [0.25, 0.3) is 5.91 Å². The number of anilines is 1. The van der Waals surface area contributed by atoms with Crippen molar-refractivity contribution in [1.29, 1.82) is 5.41 Å². The van der Waals surface area contributed by atoms with Gasteiger partial charge in [-0.25, -0.2) is 4.79 Å². The molecule has 3 aromatic rings. The summed E-state index contributed by atoms with van der Waals surface area (Å²) >= 11 is 12.2. The highest BCUT2D eigenvalue weighted by molar-refractivity contribution is 6.40. The van der Waals surface area contributed by atoms with Crippen LogP contribution in [0.3, 0.4) is 0 Å². The van der Waals surface area contributed by atoms with E-state index in [9.17, 15) is 9.59 Å². The van der Waals surface area contributed by atoms with Gasteiger partial charge in [-0.2, -0.15) is 0 Å². The van der Waals surface area contributed by atoms with Crippen molar-refractivity contribution < 1.29 is 14.7 Å². The summed E-state index contributed by atoms with van der Waals surface area (Å²) in [5.41, 5.74) is 1.51. The Morgan fingerprint density at radius 3 is 2.18 bits per heavy atom. The van der Waals surface area contributed by atoms with E-state index >= 15 is 0 Å². The number of nitrogens with zero attached hydrogens (tertiary/aromatic N) is 1. The maximum absolute atomic E-state index is 12.7. The molecule has 2 aromatic carbocycles. The number of amides is 1. The van der Waals surface area contributed by atoms with Crippen molar-refractivity contribution in [3.63, 3.8) is 0 Å². The fourth-order valence-electron chi connectivity index (χ4n) is 2.54. The molecule has 0 unspecified atom stereocenters.